The van der Waals surface area contributed by atoms with Crippen LogP contribution in [-0.2, 0) is 14.8 Å². The van der Waals surface area contributed by atoms with Crippen LogP contribution in [0.15, 0.2) is 18.2 Å². The molecule has 2 fully saturated rings. The molecule has 1 heterocycles. The Balaban J connectivity index is 1.61. The lowest BCUT2D eigenvalue weighted by Crippen LogP contribution is -2.55. The summed E-state index contributed by atoms with van der Waals surface area (Å²) in [4.78, 5) is 12.2. The number of aryl methyl sites for hydroxylation is 1. The van der Waals surface area contributed by atoms with E-state index >= 15 is 0 Å². The van der Waals surface area contributed by atoms with Gasteiger partial charge >= 0.3 is 0 Å². The highest BCUT2D eigenvalue weighted by Crippen LogP contribution is 2.35. The molecule has 0 bridgehead atoms. The molecule has 0 spiro atoms. The minimum atomic E-state index is -3.16. The van der Waals surface area contributed by atoms with Crippen molar-refractivity contribution in [2.24, 2.45) is 5.92 Å². The molecule has 1 amide bonds. The van der Waals surface area contributed by atoms with Crippen molar-refractivity contribution in [3.8, 4) is 5.75 Å². The van der Waals surface area contributed by atoms with Gasteiger partial charge in [-0.3, -0.25) is 4.79 Å². The maximum absolute atomic E-state index is 12.2. The second kappa shape index (κ2) is 5.55. The molecule has 1 aromatic rings. The van der Waals surface area contributed by atoms with Crippen molar-refractivity contribution in [3.05, 3.63) is 23.8 Å². The van der Waals surface area contributed by atoms with Crippen LogP contribution in [0.5, 0.6) is 5.75 Å². The van der Waals surface area contributed by atoms with Crippen LogP contribution in [0.1, 0.15) is 18.4 Å². The third kappa shape index (κ3) is 2.83. The van der Waals surface area contributed by atoms with E-state index in [1.807, 2.05) is 19.1 Å². The first-order valence-electron chi connectivity index (χ1n) is 7.36. The van der Waals surface area contributed by atoms with E-state index in [4.69, 9.17) is 4.74 Å². The third-order valence-corrected chi connectivity index (χ3v) is 6.47. The second-order valence-electron chi connectivity index (χ2n) is 5.95. The fourth-order valence-corrected chi connectivity index (χ4v) is 4.47. The average Bonchev–Trinajstić information content (AvgIpc) is 3.21. The number of amides is 1. The van der Waals surface area contributed by atoms with Gasteiger partial charge in [-0.2, -0.15) is 4.31 Å². The summed E-state index contributed by atoms with van der Waals surface area (Å²) in [6, 6.07) is 5.55. The molecule has 1 aliphatic heterocycles. The van der Waals surface area contributed by atoms with Crippen molar-refractivity contribution in [2.45, 2.75) is 25.0 Å². The Hall–Kier alpha value is -1.60. The number of carbonyl (C=O) groups excluding carboxylic acids is 1. The van der Waals surface area contributed by atoms with Gasteiger partial charge in [0.05, 0.1) is 24.0 Å². The summed E-state index contributed by atoms with van der Waals surface area (Å²) in [5.74, 6) is 0.144. The van der Waals surface area contributed by atoms with Gasteiger partial charge in [-0.1, -0.05) is 6.07 Å². The molecule has 1 N–H and O–H groups in total. The number of sulfonamides is 1. The predicted octanol–water partition coefficient (Wildman–Crippen LogP) is 1.37. The van der Waals surface area contributed by atoms with Gasteiger partial charge in [0, 0.05) is 13.1 Å². The summed E-state index contributed by atoms with van der Waals surface area (Å²) in [5, 5.41) is 2.62. The fourth-order valence-electron chi connectivity index (χ4n) is 2.54. The molecule has 0 atom stereocenters. The Labute approximate surface area is 130 Å². The van der Waals surface area contributed by atoms with Crippen LogP contribution >= 0.6 is 0 Å². The lowest BCUT2D eigenvalue weighted by molar-refractivity contribution is -0.122. The Morgan fingerprint density at radius 1 is 1.32 bits per heavy atom. The summed E-state index contributed by atoms with van der Waals surface area (Å²) in [5.41, 5.74) is 1.64. The minimum Gasteiger partial charge on any atom is -0.495 e. The molecule has 1 saturated carbocycles. The first kappa shape index (κ1) is 15.3. The van der Waals surface area contributed by atoms with Crippen molar-refractivity contribution in [1.82, 2.24) is 4.31 Å². The maximum atomic E-state index is 12.2. The highest BCUT2D eigenvalue weighted by molar-refractivity contribution is 7.90. The Morgan fingerprint density at radius 3 is 2.59 bits per heavy atom. The van der Waals surface area contributed by atoms with Gasteiger partial charge in [0.25, 0.3) is 0 Å². The quantitative estimate of drug-likeness (QED) is 0.887. The van der Waals surface area contributed by atoms with Gasteiger partial charge in [0.1, 0.15) is 5.75 Å². The molecular formula is C15H20N2O4S. The molecule has 6 nitrogen and oxygen atoms in total. The number of rotatable bonds is 5. The molecule has 22 heavy (non-hydrogen) atoms. The number of carbonyl (C=O) groups is 1. The molecular weight excluding hydrogens is 304 g/mol. The summed E-state index contributed by atoms with van der Waals surface area (Å²) < 4.78 is 30.7. The topological polar surface area (TPSA) is 75.7 Å². The van der Waals surface area contributed by atoms with E-state index < -0.39 is 10.0 Å². The number of anilines is 1. The molecule has 3 rings (SSSR count). The second-order valence-corrected chi connectivity index (χ2v) is 8.16. The zero-order chi connectivity index (χ0) is 15.9. The van der Waals surface area contributed by atoms with E-state index in [1.165, 1.54) is 4.31 Å². The fraction of sp³-hybridized carbons (Fsp3) is 0.533. The van der Waals surface area contributed by atoms with Crippen molar-refractivity contribution in [1.29, 1.82) is 0 Å². The molecule has 7 heteroatoms. The van der Waals surface area contributed by atoms with Gasteiger partial charge in [-0.25, -0.2) is 8.42 Å². The molecule has 1 saturated heterocycles. The van der Waals surface area contributed by atoms with Crippen molar-refractivity contribution in [3.63, 3.8) is 0 Å². The van der Waals surface area contributed by atoms with Crippen LogP contribution in [0.25, 0.3) is 0 Å². The molecule has 2 aliphatic rings. The minimum absolute atomic E-state index is 0.161. The summed E-state index contributed by atoms with van der Waals surface area (Å²) in [6.07, 6.45) is 1.49. The standard InChI is InChI=1S/C15H20N2O4S/c1-10-3-6-14(21-2)13(7-10)16-15(18)11-8-17(9-11)22(19,20)12-4-5-12/h3,6-7,11-12H,4-5,8-9H2,1-2H3,(H,16,18). The normalized spacial score (nSPS) is 19.5. The highest BCUT2D eigenvalue weighted by Gasteiger charge is 2.46. The predicted molar refractivity (Wildman–Crippen MR) is 83.4 cm³/mol. The Morgan fingerprint density at radius 2 is 2.00 bits per heavy atom. The van der Waals surface area contributed by atoms with Gasteiger partial charge < -0.3 is 10.1 Å². The number of nitrogens with zero attached hydrogens (tertiary/aromatic N) is 1. The lowest BCUT2D eigenvalue weighted by Gasteiger charge is -2.37. The molecule has 1 aliphatic carbocycles. The average molecular weight is 324 g/mol. The number of ether oxygens (including phenoxy) is 1. The van der Waals surface area contributed by atoms with Gasteiger partial charge in [0.15, 0.2) is 0 Å². The highest BCUT2D eigenvalue weighted by atomic mass is 32.2. The zero-order valence-corrected chi connectivity index (χ0v) is 13.5. The first-order chi connectivity index (χ1) is 10.4. The van der Waals surface area contributed by atoms with E-state index in [1.54, 1.807) is 13.2 Å². The number of hydrogen-bond acceptors (Lipinski definition) is 4. The van der Waals surface area contributed by atoms with Gasteiger partial charge in [-0.05, 0) is 37.5 Å². The van der Waals surface area contributed by atoms with Gasteiger partial charge in [0.2, 0.25) is 15.9 Å². The number of hydrogen-bond donors (Lipinski definition) is 1. The molecule has 0 unspecified atom stereocenters. The largest absolute Gasteiger partial charge is 0.495 e. The van der Waals surface area contributed by atoms with E-state index in [2.05, 4.69) is 5.32 Å². The monoisotopic (exact) mass is 324 g/mol. The SMILES string of the molecule is COc1ccc(C)cc1NC(=O)C1CN(S(=O)(=O)C2CC2)C1. The van der Waals surface area contributed by atoms with E-state index in [0.29, 0.717) is 11.4 Å². The van der Waals surface area contributed by atoms with Crippen LogP contribution in [0.3, 0.4) is 0 Å². The summed E-state index contributed by atoms with van der Waals surface area (Å²) in [6.45, 7) is 2.49. The van der Waals surface area contributed by atoms with Crippen LogP contribution in [0.4, 0.5) is 5.69 Å². The molecule has 0 aromatic heterocycles. The van der Waals surface area contributed by atoms with Crippen LogP contribution in [0.2, 0.25) is 0 Å². The lowest BCUT2D eigenvalue weighted by atomic mass is 10.0. The summed E-state index contributed by atoms with van der Waals surface area (Å²) in [7, 11) is -1.61. The van der Waals surface area contributed by atoms with Crippen LogP contribution in [0, 0.1) is 12.8 Å². The number of methoxy groups -OCH3 is 1. The first-order valence-corrected chi connectivity index (χ1v) is 8.86. The van der Waals surface area contributed by atoms with Crippen molar-refractivity contribution in [2.75, 3.05) is 25.5 Å². The third-order valence-electron chi connectivity index (χ3n) is 4.14. The van der Waals surface area contributed by atoms with Gasteiger partial charge in [-0.15, -0.1) is 0 Å². The smallest absolute Gasteiger partial charge is 0.230 e. The van der Waals surface area contributed by atoms with Crippen LogP contribution in [-0.4, -0.2) is 44.1 Å². The molecule has 1 aromatic carbocycles. The number of nitrogens with one attached hydrogen (secondary N) is 1. The summed E-state index contributed by atoms with van der Waals surface area (Å²) >= 11 is 0. The van der Waals surface area contributed by atoms with Crippen molar-refractivity contribution < 1.29 is 17.9 Å². The molecule has 0 radical (unpaired) electrons. The van der Waals surface area contributed by atoms with E-state index in [-0.39, 0.29) is 30.2 Å². The van der Waals surface area contributed by atoms with Crippen LogP contribution < -0.4 is 10.1 Å². The zero-order valence-electron chi connectivity index (χ0n) is 12.7. The van der Waals surface area contributed by atoms with Crippen molar-refractivity contribution >= 4 is 21.6 Å². The maximum Gasteiger partial charge on any atom is 0.230 e. The Bertz CT molecular complexity index is 691. The molecule has 120 valence electrons. The van der Waals surface area contributed by atoms with E-state index in [9.17, 15) is 13.2 Å². The number of benzene rings is 1. The van der Waals surface area contributed by atoms with E-state index in [0.717, 1.165) is 18.4 Å². The Kier molecular flexibility index (Phi) is 3.86.